The molecule has 8 rings (SSSR count). The van der Waals surface area contributed by atoms with Crippen LogP contribution in [0.4, 0.5) is 11.4 Å². The highest BCUT2D eigenvalue weighted by Crippen LogP contribution is 2.27. The first-order valence-corrected chi connectivity index (χ1v) is 20.1. The largest absolute Gasteiger partial charge is 0.478 e. The lowest BCUT2D eigenvalue weighted by molar-refractivity contribution is 0.0293. The van der Waals surface area contributed by atoms with E-state index in [4.69, 9.17) is 27.9 Å². The lowest BCUT2D eigenvalue weighted by Crippen LogP contribution is -2.51. The van der Waals surface area contributed by atoms with Gasteiger partial charge in [-0.3, -0.25) is 24.2 Å². The van der Waals surface area contributed by atoms with Crippen LogP contribution in [0.15, 0.2) is 121 Å². The summed E-state index contributed by atoms with van der Waals surface area (Å²) in [6.07, 6.45) is 0. The van der Waals surface area contributed by atoms with Crippen molar-refractivity contribution in [2.24, 2.45) is 0 Å². The predicted molar refractivity (Wildman–Crippen MR) is 233 cm³/mol. The molecule has 0 saturated carbocycles. The van der Waals surface area contributed by atoms with Crippen LogP contribution < -0.4 is 10.6 Å². The average Bonchev–Trinajstić information content (AvgIpc) is 3.27. The molecule has 2 heterocycles. The second kappa shape index (κ2) is 19.3. The third-order valence-electron chi connectivity index (χ3n) is 10.5. The zero-order valence-corrected chi connectivity index (χ0v) is 33.7. The van der Waals surface area contributed by atoms with Gasteiger partial charge in [0.2, 0.25) is 0 Å². The third-order valence-corrected chi connectivity index (χ3v) is 11.0. The summed E-state index contributed by atoms with van der Waals surface area (Å²) in [6, 6.07) is 35.7. The number of nitrogens with zero attached hydrogens (tertiary/aromatic N) is 3. The number of halogens is 2. The van der Waals surface area contributed by atoms with Gasteiger partial charge in [0.05, 0.1) is 35.7 Å². The van der Waals surface area contributed by atoms with Crippen LogP contribution in [-0.2, 0) is 4.74 Å². The van der Waals surface area contributed by atoms with E-state index < -0.39 is 5.97 Å². The van der Waals surface area contributed by atoms with Gasteiger partial charge >= 0.3 is 5.97 Å². The van der Waals surface area contributed by atoms with Crippen LogP contribution in [0.1, 0.15) is 41.4 Å². The normalized spacial score (nSPS) is 14.6. The van der Waals surface area contributed by atoms with Gasteiger partial charge in [-0.2, -0.15) is 0 Å². The molecule has 0 atom stereocenters. The number of amides is 3. The van der Waals surface area contributed by atoms with Crippen LogP contribution >= 0.6 is 23.2 Å². The van der Waals surface area contributed by atoms with E-state index in [1.807, 2.05) is 71.6 Å². The molecule has 13 heteroatoms. The molecule has 2 aliphatic rings. The van der Waals surface area contributed by atoms with Crippen molar-refractivity contribution in [2.45, 2.75) is 0 Å². The van der Waals surface area contributed by atoms with E-state index in [0.29, 0.717) is 45.5 Å². The van der Waals surface area contributed by atoms with Gasteiger partial charge in [-0.05, 0) is 70.1 Å². The predicted octanol–water partition coefficient (Wildman–Crippen LogP) is 8.28. The smallest absolute Gasteiger partial charge is 0.337 e. The quantitative estimate of drug-likeness (QED) is 0.133. The highest BCUT2D eigenvalue weighted by molar-refractivity contribution is 6.31. The summed E-state index contributed by atoms with van der Waals surface area (Å²) >= 11 is 12.1. The maximum absolute atomic E-state index is 13.5. The van der Waals surface area contributed by atoms with E-state index in [1.54, 1.807) is 36.4 Å². The number of hydrogen-bond donors (Lipinski definition) is 3. The van der Waals surface area contributed by atoms with Crippen molar-refractivity contribution in [3.8, 4) is 0 Å². The zero-order chi connectivity index (χ0) is 41.3. The molecule has 0 aromatic heterocycles. The van der Waals surface area contributed by atoms with E-state index >= 15 is 0 Å². The SMILES string of the molecule is O=C(Nc1ccc(Cl)cc1C(=O)N1CCN(CCN2CCOCC2)CC1)c1cccc2ccccc12.O=C(O)c1cc(Cl)ccc1NC(=O)c1cccc2ccccc12. The third kappa shape index (κ3) is 10.3. The van der Waals surface area contributed by atoms with Crippen molar-refractivity contribution < 1.29 is 29.0 Å². The molecule has 11 nitrogen and oxygen atoms in total. The topological polar surface area (TPSA) is 132 Å². The minimum atomic E-state index is -1.15. The highest BCUT2D eigenvalue weighted by Gasteiger charge is 2.26. The molecule has 3 N–H and O–H groups in total. The number of carboxylic acids is 1. The standard InChI is InChI=1S/C28H31ClN4O3.C18H12ClNO3/c29-22-8-9-26(30-27(34)24-7-3-5-21-4-1-2-6-23(21)24)25(20-22)28(35)33-14-12-31(13-15-33)10-11-32-16-18-36-19-17-32;19-12-8-9-16(15(10-12)18(22)23)20-17(21)14-7-3-5-11-4-1-2-6-13(11)14/h1-9,20H,10-19H2,(H,30,34);1-10H,(H,20,21)(H,22,23). The number of nitrogens with one attached hydrogen (secondary N) is 2. The van der Waals surface area contributed by atoms with Crippen LogP contribution in [-0.4, -0.2) is 109 Å². The van der Waals surface area contributed by atoms with Gasteiger partial charge in [0.1, 0.15) is 0 Å². The van der Waals surface area contributed by atoms with Crippen LogP contribution in [0, 0.1) is 0 Å². The summed E-state index contributed by atoms with van der Waals surface area (Å²) < 4.78 is 5.42. The minimum Gasteiger partial charge on any atom is -0.478 e. The molecule has 6 aromatic rings. The van der Waals surface area contributed by atoms with E-state index in [9.17, 15) is 24.3 Å². The highest BCUT2D eigenvalue weighted by atomic mass is 35.5. The first kappa shape index (κ1) is 41.3. The monoisotopic (exact) mass is 831 g/mol. The molecule has 0 unspecified atom stereocenters. The lowest BCUT2D eigenvalue weighted by atomic mass is 10.0. The number of fused-ring (bicyclic) bond motifs is 2. The number of anilines is 2. The number of rotatable bonds is 9. The maximum atomic E-state index is 13.5. The summed E-state index contributed by atoms with van der Waals surface area (Å²) in [6.45, 7) is 8.55. The summed E-state index contributed by atoms with van der Waals surface area (Å²) in [4.78, 5) is 57.2. The molecule has 2 fully saturated rings. The number of carboxylic acid groups (broad SMARTS) is 1. The van der Waals surface area contributed by atoms with Gasteiger partial charge in [-0.1, -0.05) is 96.0 Å². The maximum Gasteiger partial charge on any atom is 0.337 e. The van der Waals surface area contributed by atoms with E-state index in [2.05, 4.69) is 20.4 Å². The summed E-state index contributed by atoms with van der Waals surface area (Å²) in [7, 11) is 0. The number of morpholine rings is 1. The Hall–Kier alpha value is -5.82. The van der Waals surface area contributed by atoms with Crippen molar-refractivity contribution >= 4 is 79.8 Å². The number of carbonyl (C=O) groups is 4. The molecule has 302 valence electrons. The number of piperazine rings is 1. The first-order valence-electron chi connectivity index (χ1n) is 19.4. The van der Waals surface area contributed by atoms with Crippen LogP contribution in [0.5, 0.6) is 0 Å². The molecule has 3 amide bonds. The van der Waals surface area contributed by atoms with Crippen molar-refractivity contribution in [2.75, 3.05) is 76.2 Å². The fraction of sp³-hybridized carbons (Fsp3) is 0.217. The second-order valence-corrected chi connectivity index (χ2v) is 15.1. The second-order valence-electron chi connectivity index (χ2n) is 14.2. The molecular weight excluding hydrogens is 789 g/mol. The van der Waals surface area contributed by atoms with Gasteiger partial charge in [-0.25, -0.2) is 4.79 Å². The Bertz CT molecular complexity index is 2490. The number of aromatic carboxylic acids is 1. The molecule has 0 aliphatic carbocycles. The van der Waals surface area contributed by atoms with Crippen molar-refractivity contribution in [3.05, 3.63) is 154 Å². The van der Waals surface area contributed by atoms with Crippen molar-refractivity contribution in [1.82, 2.24) is 14.7 Å². The molecule has 2 saturated heterocycles. The Morgan fingerprint density at radius 3 is 1.53 bits per heavy atom. The molecule has 0 spiro atoms. The van der Waals surface area contributed by atoms with E-state index in [0.717, 1.165) is 74.0 Å². The van der Waals surface area contributed by atoms with Gasteiger partial charge < -0.3 is 25.4 Å². The number of benzene rings is 6. The van der Waals surface area contributed by atoms with Crippen molar-refractivity contribution in [1.29, 1.82) is 0 Å². The van der Waals surface area contributed by atoms with Gasteiger partial charge in [0, 0.05) is 73.5 Å². The first-order chi connectivity index (χ1) is 28.6. The molecular formula is C46H43Cl2N5O6. The lowest BCUT2D eigenvalue weighted by Gasteiger charge is -2.36. The summed E-state index contributed by atoms with van der Waals surface area (Å²) in [5.74, 6) is -1.89. The Morgan fingerprint density at radius 1 is 0.542 bits per heavy atom. The average molecular weight is 833 g/mol. The molecule has 0 radical (unpaired) electrons. The minimum absolute atomic E-state index is 0.0499. The van der Waals surface area contributed by atoms with Crippen LogP contribution in [0.3, 0.4) is 0 Å². The Morgan fingerprint density at radius 2 is 1.00 bits per heavy atom. The van der Waals surface area contributed by atoms with Crippen LogP contribution in [0.2, 0.25) is 10.0 Å². The van der Waals surface area contributed by atoms with Gasteiger partial charge in [0.15, 0.2) is 0 Å². The number of ether oxygens (including phenoxy) is 1. The van der Waals surface area contributed by atoms with E-state index in [1.165, 1.54) is 18.2 Å². The Balaban J connectivity index is 0.000000198. The number of carbonyl (C=O) groups excluding carboxylic acids is 3. The fourth-order valence-corrected chi connectivity index (χ4v) is 7.63. The Labute approximate surface area is 352 Å². The van der Waals surface area contributed by atoms with Gasteiger partial charge in [-0.15, -0.1) is 0 Å². The molecule has 59 heavy (non-hydrogen) atoms. The molecule has 0 bridgehead atoms. The fourth-order valence-electron chi connectivity index (χ4n) is 7.28. The summed E-state index contributed by atoms with van der Waals surface area (Å²) in [5.41, 5.74) is 2.09. The van der Waals surface area contributed by atoms with Gasteiger partial charge in [0.25, 0.3) is 17.7 Å². The zero-order valence-electron chi connectivity index (χ0n) is 32.2. The number of hydrogen-bond acceptors (Lipinski definition) is 7. The van der Waals surface area contributed by atoms with E-state index in [-0.39, 0.29) is 29.0 Å². The summed E-state index contributed by atoms with van der Waals surface area (Å²) in [5, 5.41) is 19.2. The molecule has 2 aliphatic heterocycles. The molecule has 6 aromatic carbocycles. The van der Waals surface area contributed by atoms with Crippen molar-refractivity contribution in [3.63, 3.8) is 0 Å². The van der Waals surface area contributed by atoms with Crippen LogP contribution in [0.25, 0.3) is 21.5 Å². The Kier molecular flexibility index (Phi) is 13.5.